The number of aryl methyl sites for hydroxylation is 2. The number of nitrogens with one attached hydrogen (secondary N) is 1. The molecular formula is C19H31N. The van der Waals surface area contributed by atoms with Crippen molar-refractivity contribution in [3.63, 3.8) is 0 Å². The Hall–Kier alpha value is -0.820. The van der Waals surface area contributed by atoms with Gasteiger partial charge < -0.3 is 5.32 Å². The molecule has 1 heteroatoms. The van der Waals surface area contributed by atoms with E-state index in [2.05, 4.69) is 72.1 Å². The first-order valence-electron chi connectivity index (χ1n) is 8.10. The highest BCUT2D eigenvalue weighted by molar-refractivity contribution is 5.36. The van der Waals surface area contributed by atoms with Gasteiger partial charge in [-0.05, 0) is 53.3 Å². The lowest BCUT2D eigenvalue weighted by molar-refractivity contribution is 0.437. The van der Waals surface area contributed by atoms with Crippen molar-refractivity contribution in [3.8, 4) is 0 Å². The zero-order chi connectivity index (χ0) is 15.1. The molecule has 1 fully saturated rings. The standard InChI is InChI=1S/C19H31N/c1-8-13-10-11-15(12-14(13)9-2)16(20-7)17-18(3,4)19(17,5)6/h10-12,16-17,20H,8-9H2,1-7H3. The summed E-state index contributed by atoms with van der Waals surface area (Å²) in [7, 11) is 2.11. The summed E-state index contributed by atoms with van der Waals surface area (Å²) in [6.07, 6.45) is 2.26. The summed E-state index contributed by atoms with van der Waals surface area (Å²) in [4.78, 5) is 0. The van der Waals surface area contributed by atoms with E-state index in [9.17, 15) is 0 Å². The number of benzene rings is 1. The highest BCUT2D eigenvalue weighted by Gasteiger charge is 2.67. The van der Waals surface area contributed by atoms with Crippen LogP contribution in [0.3, 0.4) is 0 Å². The second kappa shape index (κ2) is 5.18. The van der Waals surface area contributed by atoms with Crippen LogP contribution in [0.4, 0.5) is 0 Å². The summed E-state index contributed by atoms with van der Waals surface area (Å²) >= 11 is 0. The van der Waals surface area contributed by atoms with Gasteiger partial charge in [0.15, 0.2) is 0 Å². The van der Waals surface area contributed by atoms with Crippen LogP contribution in [0.2, 0.25) is 0 Å². The second-order valence-corrected chi connectivity index (χ2v) is 7.42. The predicted molar refractivity (Wildman–Crippen MR) is 88.1 cm³/mol. The van der Waals surface area contributed by atoms with Gasteiger partial charge >= 0.3 is 0 Å². The van der Waals surface area contributed by atoms with Gasteiger partial charge in [-0.2, -0.15) is 0 Å². The molecule has 1 aromatic rings. The fourth-order valence-electron chi connectivity index (χ4n) is 4.12. The topological polar surface area (TPSA) is 12.0 Å². The summed E-state index contributed by atoms with van der Waals surface area (Å²) in [5.74, 6) is 0.706. The smallest absolute Gasteiger partial charge is 0.0356 e. The Morgan fingerprint density at radius 3 is 1.95 bits per heavy atom. The Labute approximate surface area is 125 Å². The molecule has 0 saturated heterocycles. The van der Waals surface area contributed by atoms with Crippen molar-refractivity contribution in [2.24, 2.45) is 16.7 Å². The molecule has 0 radical (unpaired) electrons. The summed E-state index contributed by atoms with van der Waals surface area (Å²) in [6, 6.07) is 7.57. The van der Waals surface area contributed by atoms with E-state index in [0.717, 1.165) is 12.8 Å². The molecule has 0 aliphatic heterocycles. The van der Waals surface area contributed by atoms with Crippen molar-refractivity contribution in [2.45, 2.75) is 60.4 Å². The fourth-order valence-corrected chi connectivity index (χ4v) is 4.12. The van der Waals surface area contributed by atoms with Crippen molar-refractivity contribution in [1.29, 1.82) is 0 Å². The molecule has 1 nitrogen and oxygen atoms in total. The lowest BCUT2D eigenvalue weighted by atomic mass is 9.92. The van der Waals surface area contributed by atoms with Gasteiger partial charge in [-0.25, -0.2) is 0 Å². The van der Waals surface area contributed by atoms with Gasteiger partial charge in [0.25, 0.3) is 0 Å². The van der Waals surface area contributed by atoms with Gasteiger partial charge in [0.2, 0.25) is 0 Å². The van der Waals surface area contributed by atoms with Gasteiger partial charge in [-0.15, -0.1) is 0 Å². The van der Waals surface area contributed by atoms with Crippen molar-refractivity contribution in [2.75, 3.05) is 7.05 Å². The highest BCUT2D eigenvalue weighted by Crippen LogP contribution is 2.72. The average Bonchev–Trinajstić information content (AvgIpc) is 2.82. The number of hydrogen-bond acceptors (Lipinski definition) is 1. The van der Waals surface area contributed by atoms with Gasteiger partial charge in [0, 0.05) is 6.04 Å². The monoisotopic (exact) mass is 273 g/mol. The lowest BCUT2D eigenvalue weighted by Crippen LogP contribution is -2.21. The first-order chi connectivity index (χ1) is 9.31. The molecule has 0 amide bonds. The molecule has 2 rings (SSSR count). The van der Waals surface area contributed by atoms with E-state index in [-0.39, 0.29) is 0 Å². The maximum atomic E-state index is 3.58. The van der Waals surface area contributed by atoms with Crippen LogP contribution >= 0.6 is 0 Å². The average molecular weight is 273 g/mol. The molecule has 1 aliphatic rings. The van der Waals surface area contributed by atoms with Gasteiger partial charge in [-0.3, -0.25) is 0 Å². The van der Waals surface area contributed by atoms with Crippen LogP contribution in [0.1, 0.15) is 64.3 Å². The molecule has 1 aliphatic carbocycles. The molecule has 1 saturated carbocycles. The van der Waals surface area contributed by atoms with Crippen LogP contribution in [-0.4, -0.2) is 7.05 Å². The third kappa shape index (κ3) is 2.20. The molecule has 1 unspecified atom stereocenters. The van der Waals surface area contributed by atoms with Crippen LogP contribution in [0, 0.1) is 16.7 Å². The summed E-state index contributed by atoms with van der Waals surface area (Å²) in [5, 5.41) is 3.58. The molecule has 0 spiro atoms. The van der Waals surface area contributed by atoms with E-state index < -0.39 is 0 Å². The van der Waals surface area contributed by atoms with Crippen LogP contribution in [-0.2, 0) is 12.8 Å². The number of rotatable bonds is 5. The fraction of sp³-hybridized carbons (Fsp3) is 0.684. The van der Waals surface area contributed by atoms with E-state index in [4.69, 9.17) is 0 Å². The minimum Gasteiger partial charge on any atom is -0.313 e. The third-order valence-electron chi connectivity index (χ3n) is 6.13. The Kier molecular flexibility index (Phi) is 4.03. The van der Waals surface area contributed by atoms with Crippen molar-refractivity contribution in [3.05, 3.63) is 34.9 Å². The zero-order valence-corrected chi connectivity index (χ0v) is 14.3. The Balaban J connectivity index is 2.35. The molecule has 0 bridgehead atoms. The molecule has 20 heavy (non-hydrogen) atoms. The van der Waals surface area contributed by atoms with Crippen molar-refractivity contribution < 1.29 is 0 Å². The molecule has 112 valence electrons. The summed E-state index contributed by atoms with van der Waals surface area (Å²) in [6.45, 7) is 14.1. The maximum absolute atomic E-state index is 3.58. The second-order valence-electron chi connectivity index (χ2n) is 7.42. The predicted octanol–water partition coefficient (Wildman–Crippen LogP) is 4.75. The van der Waals surface area contributed by atoms with Crippen LogP contribution in [0.15, 0.2) is 18.2 Å². The quantitative estimate of drug-likeness (QED) is 0.816. The van der Waals surface area contributed by atoms with E-state index in [0.29, 0.717) is 22.8 Å². The van der Waals surface area contributed by atoms with Crippen LogP contribution in [0.5, 0.6) is 0 Å². The number of hydrogen-bond donors (Lipinski definition) is 1. The largest absolute Gasteiger partial charge is 0.313 e. The first-order valence-corrected chi connectivity index (χ1v) is 8.10. The SMILES string of the molecule is CCc1ccc(C(NC)C2C(C)(C)C2(C)C)cc1CC. The van der Waals surface area contributed by atoms with Crippen molar-refractivity contribution >= 4 is 0 Å². The van der Waals surface area contributed by atoms with E-state index >= 15 is 0 Å². The minimum absolute atomic E-state index is 0.413. The molecule has 0 aromatic heterocycles. The molecule has 1 aromatic carbocycles. The van der Waals surface area contributed by atoms with E-state index in [1.807, 2.05) is 0 Å². The minimum atomic E-state index is 0.413. The van der Waals surface area contributed by atoms with E-state index in [1.165, 1.54) is 16.7 Å². The Bertz CT molecular complexity index is 471. The third-order valence-corrected chi connectivity index (χ3v) is 6.13. The molecule has 1 N–H and O–H groups in total. The lowest BCUT2D eigenvalue weighted by Gasteiger charge is -2.21. The van der Waals surface area contributed by atoms with Crippen molar-refractivity contribution in [1.82, 2.24) is 5.32 Å². The van der Waals surface area contributed by atoms with E-state index in [1.54, 1.807) is 0 Å². The van der Waals surface area contributed by atoms with Gasteiger partial charge in [0.05, 0.1) is 0 Å². The highest BCUT2D eigenvalue weighted by atomic mass is 14.9. The Morgan fingerprint density at radius 1 is 1.00 bits per heavy atom. The maximum Gasteiger partial charge on any atom is 0.0356 e. The zero-order valence-electron chi connectivity index (χ0n) is 14.3. The summed E-state index contributed by atoms with van der Waals surface area (Å²) < 4.78 is 0. The van der Waals surface area contributed by atoms with Gasteiger partial charge in [0.1, 0.15) is 0 Å². The first kappa shape index (κ1) is 15.6. The van der Waals surface area contributed by atoms with Gasteiger partial charge in [-0.1, -0.05) is 59.7 Å². The summed E-state index contributed by atoms with van der Waals surface area (Å²) in [5.41, 5.74) is 5.31. The van der Waals surface area contributed by atoms with Crippen LogP contribution in [0.25, 0.3) is 0 Å². The molecule has 1 atom stereocenters. The Morgan fingerprint density at radius 2 is 1.55 bits per heavy atom. The molecular weight excluding hydrogens is 242 g/mol. The molecule has 0 heterocycles. The normalized spacial score (nSPS) is 21.8. The van der Waals surface area contributed by atoms with Crippen LogP contribution < -0.4 is 5.32 Å².